The first-order chi connectivity index (χ1) is 8.52. The van der Waals surface area contributed by atoms with E-state index in [1.807, 2.05) is 27.7 Å². The molecular weight excluding hydrogens is 267 g/mol. The van der Waals surface area contributed by atoms with Crippen LogP contribution in [0.25, 0.3) is 0 Å². The second-order valence-electron chi connectivity index (χ2n) is 6.15. The van der Waals surface area contributed by atoms with Gasteiger partial charge in [-0.1, -0.05) is 33.8 Å². The molecule has 1 aromatic rings. The van der Waals surface area contributed by atoms with Gasteiger partial charge in [-0.2, -0.15) is 0 Å². The van der Waals surface area contributed by atoms with Gasteiger partial charge < -0.3 is 5.73 Å². The lowest BCUT2D eigenvalue weighted by atomic mass is 10.0. The zero-order valence-corrected chi connectivity index (χ0v) is 12.3. The van der Waals surface area contributed by atoms with Gasteiger partial charge in [0, 0.05) is 6.04 Å². The number of hydrogen-bond acceptors (Lipinski definition) is 3. The fraction of sp³-hybridized carbons (Fsp3) is 0.538. The largest absolute Gasteiger partial charge is 0.395 e. The highest BCUT2D eigenvalue weighted by Crippen LogP contribution is 2.63. The van der Waals surface area contributed by atoms with Crippen LogP contribution in [0.4, 0.5) is 10.1 Å². The smallest absolute Gasteiger partial charge is 0.243 e. The highest BCUT2D eigenvalue weighted by Gasteiger charge is 2.66. The third-order valence-electron chi connectivity index (χ3n) is 4.60. The van der Waals surface area contributed by atoms with E-state index in [1.165, 1.54) is 12.1 Å². The number of nitrogens with one attached hydrogen (secondary N) is 1. The molecule has 19 heavy (non-hydrogen) atoms. The molecule has 1 aliphatic rings. The second-order valence-corrected chi connectivity index (χ2v) is 7.83. The summed E-state index contributed by atoms with van der Waals surface area (Å²) in [5.74, 6) is -0.725. The summed E-state index contributed by atoms with van der Waals surface area (Å²) >= 11 is 0. The summed E-state index contributed by atoms with van der Waals surface area (Å²) in [6.45, 7) is 7.98. The van der Waals surface area contributed by atoms with E-state index in [0.717, 1.165) is 6.07 Å². The van der Waals surface area contributed by atoms with Crippen LogP contribution in [0.2, 0.25) is 0 Å². The standard InChI is InChI=1S/C13H19FN2O2S/c1-12(2)11(13(12,3)4)16-19(17,18)9-7-5-6-8(14)10(9)15/h5-7,11,16H,15H2,1-4H3. The number of para-hydroxylation sites is 1. The van der Waals surface area contributed by atoms with Crippen LogP contribution in [-0.2, 0) is 10.0 Å². The Morgan fingerprint density at radius 3 is 2.21 bits per heavy atom. The first-order valence-electron chi connectivity index (χ1n) is 6.08. The van der Waals surface area contributed by atoms with Crippen molar-refractivity contribution in [3.05, 3.63) is 24.0 Å². The van der Waals surface area contributed by atoms with Crippen LogP contribution in [0.1, 0.15) is 27.7 Å². The number of halogens is 1. The van der Waals surface area contributed by atoms with E-state index in [9.17, 15) is 12.8 Å². The van der Waals surface area contributed by atoms with Crippen molar-refractivity contribution in [2.75, 3.05) is 5.73 Å². The summed E-state index contributed by atoms with van der Waals surface area (Å²) in [6.07, 6.45) is 0. The molecule has 0 atom stereocenters. The van der Waals surface area contributed by atoms with Crippen molar-refractivity contribution >= 4 is 15.7 Å². The van der Waals surface area contributed by atoms with E-state index < -0.39 is 15.8 Å². The fourth-order valence-electron chi connectivity index (χ4n) is 2.46. The first kappa shape index (κ1) is 14.3. The maximum Gasteiger partial charge on any atom is 0.243 e. The lowest BCUT2D eigenvalue weighted by Crippen LogP contribution is -2.30. The van der Waals surface area contributed by atoms with Gasteiger partial charge >= 0.3 is 0 Å². The van der Waals surface area contributed by atoms with Crippen LogP contribution >= 0.6 is 0 Å². The van der Waals surface area contributed by atoms with Crippen molar-refractivity contribution in [3.8, 4) is 0 Å². The number of hydrogen-bond donors (Lipinski definition) is 2. The van der Waals surface area contributed by atoms with Crippen molar-refractivity contribution in [2.24, 2.45) is 10.8 Å². The average Bonchev–Trinajstić information content (AvgIpc) is 2.64. The fourth-order valence-corrected chi connectivity index (χ4v) is 4.13. The van der Waals surface area contributed by atoms with Crippen molar-refractivity contribution < 1.29 is 12.8 Å². The highest BCUT2D eigenvalue weighted by atomic mass is 32.2. The summed E-state index contributed by atoms with van der Waals surface area (Å²) in [7, 11) is -3.81. The molecule has 0 spiro atoms. The van der Waals surface area contributed by atoms with Crippen molar-refractivity contribution in [1.82, 2.24) is 4.72 Å². The van der Waals surface area contributed by atoms with E-state index in [4.69, 9.17) is 5.73 Å². The molecule has 2 rings (SSSR count). The number of anilines is 1. The lowest BCUT2D eigenvalue weighted by Gasteiger charge is -2.10. The van der Waals surface area contributed by atoms with Gasteiger partial charge in [-0.25, -0.2) is 17.5 Å². The molecule has 106 valence electrons. The molecule has 0 saturated heterocycles. The zero-order chi connectivity index (χ0) is 14.6. The van der Waals surface area contributed by atoms with Gasteiger partial charge in [-0.3, -0.25) is 0 Å². The van der Waals surface area contributed by atoms with Crippen LogP contribution in [0, 0.1) is 16.6 Å². The van der Waals surface area contributed by atoms with E-state index in [2.05, 4.69) is 4.72 Å². The van der Waals surface area contributed by atoms with Crippen molar-refractivity contribution in [1.29, 1.82) is 0 Å². The monoisotopic (exact) mass is 286 g/mol. The number of benzene rings is 1. The van der Waals surface area contributed by atoms with Crippen LogP contribution in [0.3, 0.4) is 0 Å². The van der Waals surface area contributed by atoms with Crippen LogP contribution < -0.4 is 10.5 Å². The molecule has 3 N–H and O–H groups in total. The van der Waals surface area contributed by atoms with Crippen molar-refractivity contribution in [3.63, 3.8) is 0 Å². The van der Waals surface area contributed by atoms with Crippen LogP contribution in [0.15, 0.2) is 23.1 Å². The third-order valence-corrected chi connectivity index (χ3v) is 6.08. The molecule has 1 aromatic carbocycles. The predicted molar refractivity (Wildman–Crippen MR) is 72.5 cm³/mol. The second kappa shape index (κ2) is 3.93. The Morgan fingerprint density at radius 1 is 1.21 bits per heavy atom. The minimum Gasteiger partial charge on any atom is -0.395 e. The Labute approximate surface area is 113 Å². The molecule has 0 bridgehead atoms. The summed E-state index contributed by atoms with van der Waals surface area (Å²) in [5, 5.41) is 0. The van der Waals surface area contributed by atoms with Crippen LogP contribution in [0.5, 0.6) is 0 Å². The quantitative estimate of drug-likeness (QED) is 0.836. The summed E-state index contributed by atoms with van der Waals surface area (Å²) in [4.78, 5) is -0.203. The maximum absolute atomic E-state index is 13.3. The van der Waals surface area contributed by atoms with E-state index in [0.29, 0.717) is 0 Å². The molecule has 6 heteroatoms. The molecule has 0 radical (unpaired) electrons. The third kappa shape index (κ3) is 2.03. The average molecular weight is 286 g/mol. The molecule has 1 fully saturated rings. The van der Waals surface area contributed by atoms with Gasteiger partial charge in [-0.15, -0.1) is 0 Å². The molecule has 0 aliphatic heterocycles. The van der Waals surface area contributed by atoms with Gasteiger partial charge in [0.05, 0.1) is 5.69 Å². The minimum absolute atomic E-state index is 0.137. The molecule has 0 unspecified atom stereocenters. The molecule has 1 saturated carbocycles. The molecule has 0 amide bonds. The normalized spacial score (nSPS) is 21.3. The first-order valence-corrected chi connectivity index (χ1v) is 7.56. The van der Waals surface area contributed by atoms with Gasteiger partial charge in [-0.05, 0) is 23.0 Å². The maximum atomic E-state index is 13.3. The molecule has 0 heterocycles. The van der Waals surface area contributed by atoms with Crippen molar-refractivity contribution in [2.45, 2.75) is 38.6 Å². The number of sulfonamides is 1. The Hall–Kier alpha value is -1.14. The Bertz CT molecular complexity index is 610. The van der Waals surface area contributed by atoms with E-state index in [-0.39, 0.29) is 27.5 Å². The van der Waals surface area contributed by atoms with Gasteiger partial charge in [0.1, 0.15) is 10.7 Å². The highest BCUT2D eigenvalue weighted by molar-refractivity contribution is 7.89. The summed E-state index contributed by atoms with van der Waals surface area (Å²) in [6, 6.07) is 3.60. The SMILES string of the molecule is CC1(C)C(NS(=O)(=O)c2cccc(F)c2N)C1(C)C. The van der Waals surface area contributed by atoms with Gasteiger partial charge in [0.15, 0.2) is 0 Å². The number of nitrogens with two attached hydrogens (primary N) is 1. The lowest BCUT2D eigenvalue weighted by molar-refractivity contribution is 0.457. The topological polar surface area (TPSA) is 72.2 Å². The minimum atomic E-state index is -3.81. The number of nitrogen functional groups attached to an aromatic ring is 1. The Balaban J connectivity index is 2.33. The zero-order valence-electron chi connectivity index (χ0n) is 11.5. The molecule has 0 aromatic heterocycles. The van der Waals surface area contributed by atoms with E-state index in [1.54, 1.807) is 0 Å². The Kier molecular flexibility index (Phi) is 2.95. The van der Waals surface area contributed by atoms with Crippen LogP contribution in [-0.4, -0.2) is 14.5 Å². The molecule has 4 nitrogen and oxygen atoms in total. The molecular formula is C13H19FN2O2S. The Morgan fingerprint density at radius 2 is 1.74 bits per heavy atom. The summed E-state index contributed by atoms with van der Waals surface area (Å²) in [5.41, 5.74) is 4.89. The summed E-state index contributed by atoms with van der Waals surface area (Å²) < 4.78 is 40.5. The van der Waals surface area contributed by atoms with Gasteiger partial charge in [0.25, 0.3) is 0 Å². The molecule has 1 aliphatic carbocycles. The van der Waals surface area contributed by atoms with Gasteiger partial charge in [0.2, 0.25) is 10.0 Å². The number of rotatable bonds is 3. The predicted octanol–water partition coefficient (Wildman–Crippen LogP) is 2.12. The van der Waals surface area contributed by atoms with E-state index >= 15 is 0 Å².